The number of hydrogen-bond acceptors (Lipinski definition) is 5. The van der Waals surface area contributed by atoms with E-state index in [9.17, 15) is 4.79 Å². The molecule has 0 aliphatic carbocycles. The molecule has 0 radical (unpaired) electrons. The molecule has 0 atom stereocenters. The zero-order valence-corrected chi connectivity index (χ0v) is 15.6. The number of amides is 1. The van der Waals surface area contributed by atoms with Gasteiger partial charge in [-0.3, -0.25) is 4.79 Å². The number of hydrazone groups is 1. The molecule has 3 aromatic carbocycles. The van der Waals surface area contributed by atoms with E-state index in [1.807, 2.05) is 78.9 Å². The summed E-state index contributed by atoms with van der Waals surface area (Å²) in [6.07, 6.45) is 1.58. The van der Waals surface area contributed by atoms with E-state index < -0.39 is 0 Å². The first-order valence-electron chi connectivity index (χ1n) is 9.15. The predicted octanol–water partition coefficient (Wildman–Crippen LogP) is 3.16. The normalized spacial score (nSPS) is 11.0. The van der Waals surface area contributed by atoms with Crippen LogP contribution in [0.2, 0.25) is 0 Å². The average molecular weight is 385 g/mol. The lowest BCUT2D eigenvalue weighted by Crippen LogP contribution is -2.23. The van der Waals surface area contributed by atoms with Crippen LogP contribution in [0, 0.1) is 0 Å². The van der Waals surface area contributed by atoms with E-state index >= 15 is 0 Å². The van der Waals surface area contributed by atoms with Crippen LogP contribution in [0.15, 0.2) is 84.0 Å². The Morgan fingerprint density at radius 2 is 1.86 bits per heavy atom. The van der Waals surface area contributed by atoms with Crippen molar-refractivity contribution in [2.75, 3.05) is 0 Å². The van der Waals surface area contributed by atoms with E-state index in [1.54, 1.807) is 6.21 Å². The molecule has 0 saturated heterocycles. The Balaban J connectivity index is 1.32. The Morgan fingerprint density at radius 3 is 2.76 bits per heavy atom. The molecule has 0 spiro atoms. The Hall–Kier alpha value is -4.00. The highest BCUT2D eigenvalue weighted by Crippen LogP contribution is 2.14. The van der Waals surface area contributed by atoms with E-state index in [0.29, 0.717) is 6.61 Å². The van der Waals surface area contributed by atoms with Crippen LogP contribution < -0.4 is 10.2 Å². The van der Waals surface area contributed by atoms with Gasteiger partial charge in [-0.05, 0) is 35.4 Å². The fourth-order valence-electron chi connectivity index (χ4n) is 2.81. The van der Waals surface area contributed by atoms with E-state index in [2.05, 4.69) is 20.8 Å². The second kappa shape index (κ2) is 8.79. The number of carbonyl (C=O) groups is 1. The first kappa shape index (κ1) is 18.4. The number of fused-ring (bicyclic) bond motifs is 1. The summed E-state index contributed by atoms with van der Waals surface area (Å²) in [5.74, 6) is 0.451. The lowest BCUT2D eigenvalue weighted by molar-refractivity contribution is -0.121. The first-order chi connectivity index (χ1) is 14.3. The second-order valence-electron chi connectivity index (χ2n) is 6.38. The van der Waals surface area contributed by atoms with Gasteiger partial charge in [0.1, 0.15) is 24.4 Å². The molecule has 7 heteroatoms. The zero-order chi connectivity index (χ0) is 19.9. The van der Waals surface area contributed by atoms with E-state index in [-0.39, 0.29) is 12.5 Å². The quantitative estimate of drug-likeness (QED) is 0.391. The highest BCUT2D eigenvalue weighted by molar-refractivity contribution is 5.83. The number of nitrogens with one attached hydrogen (secondary N) is 1. The van der Waals surface area contributed by atoms with Crippen molar-refractivity contribution in [3.63, 3.8) is 0 Å². The number of carbonyl (C=O) groups excluding carboxylic acids is 1. The summed E-state index contributed by atoms with van der Waals surface area (Å²) in [4.78, 5) is 12.1. The molecule has 144 valence electrons. The molecule has 1 aromatic heterocycles. The number of para-hydroxylation sites is 1. The van der Waals surface area contributed by atoms with Crippen LogP contribution in [-0.4, -0.2) is 27.1 Å². The molecule has 0 unspecified atom stereocenters. The molecule has 1 amide bonds. The minimum absolute atomic E-state index is 0.0398. The average Bonchev–Trinajstić information content (AvgIpc) is 3.16. The predicted molar refractivity (Wildman–Crippen MR) is 110 cm³/mol. The Morgan fingerprint density at radius 1 is 1.03 bits per heavy atom. The lowest BCUT2D eigenvalue weighted by Gasteiger charge is -2.06. The molecule has 4 rings (SSSR count). The molecule has 0 fully saturated rings. The molecule has 4 aromatic rings. The van der Waals surface area contributed by atoms with Gasteiger partial charge in [0, 0.05) is 0 Å². The maximum Gasteiger partial charge on any atom is 0.261 e. The van der Waals surface area contributed by atoms with E-state index in [1.165, 1.54) is 4.68 Å². The van der Waals surface area contributed by atoms with Gasteiger partial charge in [-0.15, -0.1) is 5.10 Å². The summed E-state index contributed by atoms with van der Waals surface area (Å²) in [6, 6.07) is 24.9. The molecule has 0 saturated carbocycles. The van der Waals surface area contributed by atoms with Crippen LogP contribution in [-0.2, 0) is 17.9 Å². The van der Waals surface area contributed by atoms with Gasteiger partial charge in [0.15, 0.2) is 0 Å². The van der Waals surface area contributed by atoms with Crippen molar-refractivity contribution in [1.82, 2.24) is 20.4 Å². The minimum Gasteiger partial charge on any atom is -0.489 e. The number of hydrogen-bond donors (Lipinski definition) is 1. The van der Waals surface area contributed by atoms with Crippen molar-refractivity contribution in [1.29, 1.82) is 0 Å². The standard InChI is InChI=1S/C22H19N5O2/c28-22(15-27-21-12-5-4-11-20(21)24-26-27)25-23-14-18-9-6-10-19(13-18)29-16-17-7-2-1-3-8-17/h1-14H,15-16H2,(H,25,28)/b23-14-. The summed E-state index contributed by atoms with van der Waals surface area (Å²) in [5, 5.41) is 12.0. The van der Waals surface area contributed by atoms with Crippen LogP contribution in [0.25, 0.3) is 11.0 Å². The molecule has 0 aliphatic rings. The zero-order valence-electron chi connectivity index (χ0n) is 15.6. The molecular weight excluding hydrogens is 366 g/mol. The maximum atomic E-state index is 12.1. The third kappa shape index (κ3) is 4.84. The van der Waals surface area contributed by atoms with Crippen molar-refractivity contribution >= 4 is 23.2 Å². The minimum atomic E-state index is -0.284. The highest BCUT2D eigenvalue weighted by atomic mass is 16.5. The number of rotatable bonds is 7. The van der Waals surface area contributed by atoms with Crippen molar-refractivity contribution in [2.45, 2.75) is 13.2 Å². The maximum absolute atomic E-state index is 12.1. The highest BCUT2D eigenvalue weighted by Gasteiger charge is 2.07. The molecule has 1 heterocycles. The van der Waals surface area contributed by atoms with Gasteiger partial charge in [0.05, 0.1) is 11.7 Å². The SMILES string of the molecule is O=C(Cn1nnc2ccccc21)N/N=C\c1cccc(OCc2ccccc2)c1. The fourth-order valence-corrected chi connectivity index (χ4v) is 2.81. The van der Waals surface area contributed by atoms with Crippen LogP contribution in [0.1, 0.15) is 11.1 Å². The number of benzene rings is 3. The van der Waals surface area contributed by atoms with Gasteiger partial charge in [0.25, 0.3) is 5.91 Å². The third-order valence-electron chi connectivity index (χ3n) is 4.22. The molecule has 7 nitrogen and oxygen atoms in total. The van der Waals surface area contributed by atoms with Gasteiger partial charge in [-0.25, -0.2) is 10.1 Å². The van der Waals surface area contributed by atoms with Crippen LogP contribution in [0.4, 0.5) is 0 Å². The molecule has 0 bridgehead atoms. The molecular formula is C22H19N5O2. The van der Waals surface area contributed by atoms with Gasteiger partial charge < -0.3 is 4.74 Å². The van der Waals surface area contributed by atoms with Gasteiger partial charge in [-0.1, -0.05) is 59.8 Å². The molecule has 1 N–H and O–H groups in total. The number of ether oxygens (including phenoxy) is 1. The smallest absolute Gasteiger partial charge is 0.261 e. The lowest BCUT2D eigenvalue weighted by atomic mass is 10.2. The summed E-state index contributed by atoms with van der Waals surface area (Å²) in [5.41, 5.74) is 5.98. The van der Waals surface area contributed by atoms with E-state index in [0.717, 1.165) is 27.9 Å². The monoisotopic (exact) mass is 385 g/mol. The second-order valence-corrected chi connectivity index (χ2v) is 6.38. The third-order valence-corrected chi connectivity index (χ3v) is 4.22. The largest absolute Gasteiger partial charge is 0.489 e. The van der Waals surface area contributed by atoms with Crippen molar-refractivity contribution in [3.05, 3.63) is 90.0 Å². The van der Waals surface area contributed by atoms with Crippen LogP contribution in [0.3, 0.4) is 0 Å². The van der Waals surface area contributed by atoms with Crippen LogP contribution in [0.5, 0.6) is 5.75 Å². The van der Waals surface area contributed by atoms with E-state index in [4.69, 9.17) is 4.74 Å². The Bertz CT molecular complexity index is 1140. The molecule has 0 aliphatic heterocycles. The van der Waals surface area contributed by atoms with Gasteiger partial charge >= 0.3 is 0 Å². The van der Waals surface area contributed by atoms with Crippen LogP contribution >= 0.6 is 0 Å². The fraction of sp³-hybridized carbons (Fsp3) is 0.0909. The summed E-state index contributed by atoms with van der Waals surface area (Å²) < 4.78 is 7.34. The molecule has 29 heavy (non-hydrogen) atoms. The number of nitrogens with zero attached hydrogens (tertiary/aromatic N) is 4. The summed E-state index contributed by atoms with van der Waals surface area (Å²) >= 11 is 0. The summed E-state index contributed by atoms with van der Waals surface area (Å²) in [7, 11) is 0. The van der Waals surface area contributed by atoms with Crippen molar-refractivity contribution < 1.29 is 9.53 Å². The first-order valence-corrected chi connectivity index (χ1v) is 9.15. The number of aromatic nitrogens is 3. The van der Waals surface area contributed by atoms with Crippen molar-refractivity contribution in [2.24, 2.45) is 5.10 Å². The van der Waals surface area contributed by atoms with Gasteiger partial charge in [0.2, 0.25) is 0 Å². The van der Waals surface area contributed by atoms with Gasteiger partial charge in [-0.2, -0.15) is 5.10 Å². The summed E-state index contributed by atoms with van der Waals surface area (Å²) in [6.45, 7) is 0.530. The Labute approximate surface area is 167 Å². The topological polar surface area (TPSA) is 81.4 Å². The Kier molecular flexibility index (Phi) is 5.57. The van der Waals surface area contributed by atoms with Crippen molar-refractivity contribution in [3.8, 4) is 5.75 Å².